The number of carbonyl (C=O) groups is 2. The van der Waals surface area contributed by atoms with Crippen LogP contribution in [0.3, 0.4) is 0 Å². The maximum Gasteiger partial charge on any atom is 0.237 e. The number of aromatic nitrogens is 3. The van der Waals surface area contributed by atoms with Crippen LogP contribution in [0.5, 0.6) is 0 Å². The first-order chi connectivity index (χ1) is 13.5. The van der Waals surface area contributed by atoms with E-state index >= 15 is 0 Å². The molecule has 150 valence electrons. The molecule has 0 bridgehead atoms. The van der Waals surface area contributed by atoms with Crippen molar-refractivity contribution >= 4 is 11.8 Å². The van der Waals surface area contributed by atoms with Crippen molar-refractivity contribution in [3.63, 3.8) is 0 Å². The number of piperazine rings is 1. The third-order valence-electron chi connectivity index (χ3n) is 5.09. The lowest BCUT2D eigenvalue weighted by atomic mass is 10.1. The van der Waals surface area contributed by atoms with E-state index < -0.39 is 6.04 Å². The molecule has 0 unspecified atom stereocenters. The van der Waals surface area contributed by atoms with Gasteiger partial charge in [0.15, 0.2) is 0 Å². The van der Waals surface area contributed by atoms with E-state index in [2.05, 4.69) is 20.2 Å². The van der Waals surface area contributed by atoms with E-state index in [1.165, 1.54) is 0 Å². The number of rotatable bonds is 7. The highest BCUT2D eigenvalue weighted by molar-refractivity contribution is 5.89. The zero-order valence-electron chi connectivity index (χ0n) is 16.7. The average Bonchev–Trinajstić information content (AvgIpc) is 3.07. The lowest BCUT2D eigenvalue weighted by Gasteiger charge is -2.36. The van der Waals surface area contributed by atoms with E-state index in [1.807, 2.05) is 43.8 Å². The predicted molar refractivity (Wildman–Crippen MR) is 105 cm³/mol. The maximum absolute atomic E-state index is 13.1. The zero-order valence-corrected chi connectivity index (χ0v) is 16.7. The van der Waals surface area contributed by atoms with Crippen molar-refractivity contribution in [2.45, 2.75) is 45.4 Å². The van der Waals surface area contributed by atoms with Crippen LogP contribution in [0, 0.1) is 0 Å². The molecule has 0 spiro atoms. The Balaban J connectivity index is 1.72. The van der Waals surface area contributed by atoms with Crippen molar-refractivity contribution in [3.8, 4) is 0 Å². The number of carbonyl (C=O) groups excluding carboxylic acids is 2. The van der Waals surface area contributed by atoms with Crippen LogP contribution in [0.15, 0.2) is 36.9 Å². The Morgan fingerprint density at radius 2 is 2.21 bits per heavy atom. The number of pyridine rings is 1. The summed E-state index contributed by atoms with van der Waals surface area (Å²) in [6, 6.07) is 3.40. The molecule has 1 aliphatic heterocycles. The quantitative estimate of drug-likeness (QED) is 0.768. The first kappa shape index (κ1) is 20.0. The second-order valence-corrected chi connectivity index (χ2v) is 7.41. The van der Waals surface area contributed by atoms with E-state index in [9.17, 15) is 9.59 Å². The second kappa shape index (κ2) is 8.97. The molecule has 28 heavy (non-hydrogen) atoms. The Kier molecular flexibility index (Phi) is 6.41. The Bertz CT molecular complexity index is 804. The molecule has 0 aromatic carbocycles. The smallest absolute Gasteiger partial charge is 0.237 e. The van der Waals surface area contributed by atoms with Crippen LogP contribution in [0.2, 0.25) is 0 Å². The number of aryl methyl sites for hydroxylation is 1. The van der Waals surface area contributed by atoms with Crippen LogP contribution in [0.1, 0.15) is 31.7 Å². The van der Waals surface area contributed by atoms with Gasteiger partial charge < -0.3 is 14.8 Å². The number of nitrogens with zero attached hydrogens (tertiary/aromatic N) is 5. The lowest BCUT2D eigenvalue weighted by Crippen LogP contribution is -2.56. The zero-order chi connectivity index (χ0) is 20.1. The lowest BCUT2D eigenvalue weighted by molar-refractivity contribution is -0.140. The highest BCUT2D eigenvalue weighted by Gasteiger charge is 2.33. The first-order valence-electron chi connectivity index (χ1n) is 9.62. The van der Waals surface area contributed by atoms with Crippen LogP contribution >= 0.6 is 0 Å². The molecule has 8 nitrogen and oxygen atoms in total. The molecule has 1 fully saturated rings. The minimum Gasteiger partial charge on any atom is -0.353 e. The minimum atomic E-state index is -0.482. The fourth-order valence-electron chi connectivity index (χ4n) is 3.44. The van der Waals surface area contributed by atoms with Gasteiger partial charge in [-0.05, 0) is 25.5 Å². The van der Waals surface area contributed by atoms with E-state index in [0.29, 0.717) is 26.2 Å². The summed E-state index contributed by atoms with van der Waals surface area (Å²) in [6.07, 6.45) is 7.26. The fraction of sp³-hybridized carbons (Fsp3) is 0.500. The van der Waals surface area contributed by atoms with Gasteiger partial charge >= 0.3 is 0 Å². The SMILES string of the molecule is CC(C)N(Cc1nccn1C)C(=O)C[C@H]1C(=O)NCCN1Cc1cccnc1. The number of nitrogens with one attached hydrogen (secondary N) is 1. The number of imidazole rings is 1. The third kappa shape index (κ3) is 4.75. The summed E-state index contributed by atoms with van der Waals surface area (Å²) in [6.45, 7) is 6.28. The number of amides is 2. The van der Waals surface area contributed by atoms with Gasteiger partial charge in [0.2, 0.25) is 11.8 Å². The summed E-state index contributed by atoms with van der Waals surface area (Å²) < 4.78 is 1.91. The van der Waals surface area contributed by atoms with Gasteiger partial charge in [-0.25, -0.2) is 4.98 Å². The van der Waals surface area contributed by atoms with E-state index in [0.717, 1.165) is 11.4 Å². The second-order valence-electron chi connectivity index (χ2n) is 7.41. The van der Waals surface area contributed by atoms with Crippen molar-refractivity contribution in [2.75, 3.05) is 13.1 Å². The standard InChI is InChI=1S/C20H28N6O2/c1-15(2)26(14-18-22-7-9-24(18)3)19(27)11-17-20(28)23-8-10-25(17)13-16-5-4-6-21-12-16/h4-7,9,12,15,17H,8,10-11,13-14H2,1-3H3,(H,23,28)/t17-/m0/s1. The minimum absolute atomic E-state index is 0.0163. The Labute approximate surface area is 165 Å². The normalized spacial score (nSPS) is 17.6. The summed E-state index contributed by atoms with van der Waals surface area (Å²) in [5, 5.41) is 2.89. The molecule has 3 rings (SSSR count). The average molecular weight is 384 g/mol. The third-order valence-corrected chi connectivity index (χ3v) is 5.09. The molecule has 3 heterocycles. The highest BCUT2D eigenvalue weighted by atomic mass is 16.2. The van der Waals surface area contributed by atoms with Crippen LogP contribution in [0.4, 0.5) is 0 Å². The topological polar surface area (TPSA) is 83.4 Å². The fourth-order valence-corrected chi connectivity index (χ4v) is 3.44. The summed E-state index contributed by atoms with van der Waals surface area (Å²) >= 11 is 0. The van der Waals surface area contributed by atoms with Crippen LogP contribution < -0.4 is 5.32 Å². The molecule has 1 atom stereocenters. The Hall–Kier alpha value is -2.74. The summed E-state index contributed by atoms with van der Waals surface area (Å²) in [5.41, 5.74) is 1.03. The molecule has 2 amide bonds. The van der Waals surface area contributed by atoms with Gasteiger partial charge in [-0.3, -0.25) is 19.5 Å². The van der Waals surface area contributed by atoms with Crippen LogP contribution in [-0.4, -0.2) is 61.3 Å². The van der Waals surface area contributed by atoms with Gasteiger partial charge in [0.1, 0.15) is 5.82 Å². The molecule has 2 aromatic rings. The van der Waals surface area contributed by atoms with Gasteiger partial charge in [0.25, 0.3) is 0 Å². The summed E-state index contributed by atoms with van der Waals surface area (Å²) in [7, 11) is 1.91. The van der Waals surface area contributed by atoms with E-state index in [-0.39, 0.29) is 24.3 Å². The van der Waals surface area contributed by atoms with Crippen molar-refractivity contribution < 1.29 is 9.59 Å². The first-order valence-corrected chi connectivity index (χ1v) is 9.62. The van der Waals surface area contributed by atoms with Crippen molar-refractivity contribution in [1.29, 1.82) is 0 Å². The molecule has 1 saturated heterocycles. The number of hydrogen-bond acceptors (Lipinski definition) is 5. The maximum atomic E-state index is 13.1. The monoisotopic (exact) mass is 384 g/mol. The molecular weight excluding hydrogens is 356 g/mol. The van der Waals surface area contributed by atoms with Gasteiger partial charge in [-0.2, -0.15) is 0 Å². The molecule has 0 aliphatic carbocycles. The molecular formula is C20H28N6O2. The van der Waals surface area contributed by atoms with E-state index in [4.69, 9.17) is 0 Å². The van der Waals surface area contributed by atoms with Crippen LogP contribution in [-0.2, 0) is 29.7 Å². The van der Waals surface area contributed by atoms with Gasteiger partial charge in [0.05, 0.1) is 19.0 Å². The highest BCUT2D eigenvalue weighted by Crippen LogP contribution is 2.17. The molecule has 2 aromatic heterocycles. The van der Waals surface area contributed by atoms with Gasteiger partial charge in [0, 0.05) is 57.5 Å². The molecule has 8 heteroatoms. The number of hydrogen-bond donors (Lipinski definition) is 1. The van der Waals surface area contributed by atoms with Gasteiger partial charge in [-0.1, -0.05) is 6.07 Å². The molecule has 0 radical (unpaired) electrons. The summed E-state index contributed by atoms with van der Waals surface area (Å²) in [5.74, 6) is 0.683. The Morgan fingerprint density at radius 1 is 1.39 bits per heavy atom. The molecule has 0 saturated carbocycles. The molecule has 1 N–H and O–H groups in total. The molecule has 1 aliphatic rings. The van der Waals surface area contributed by atoms with Crippen molar-refractivity contribution in [1.82, 2.24) is 29.7 Å². The van der Waals surface area contributed by atoms with Crippen molar-refractivity contribution in [2.24, 2.45) is 7.05 Å². The van der Waals surface area contributed by atoms with Crippen molar-refractivity contribution in [3.05, 3.63) is 48.3 Å². The summed E-state index contributed by atoms with van der Waals surface area (Å²) in [4.78, 5) is 38.0. The van der Waals surface area contributed by atoms with E-state index in [1.54, 1.807) is 23.5 Å². The van der Waals surface area contributed by atoms with Crippen LogP contribution in [0.25, 0.3) is 0 Å². The predicted octanol–water partition coefficient (Wildman–Crippen LogP) is 0.943. The largest absolute Gasteiger partial charge is 0.353 e. The van der Waals surface area contributed by atoms with Gasteiger partial charge in [-0.15, -0.1) is 0 Å². The Morgan fingerprint density at radius 3 is 2.86 bits per heavy atom.